The predicted molar refractivity (Wildman–Crippen MR) is 66.2 cm³/mol. The number of rotatable bonds is 4. The van der Waals surface area contributed by atoms with Gasteiger partial charge in [-0.3, -0.25) is 0 Å². The van der Waals surface area contributed by atoms with Crippen LogP contribution in [0.15, 0.2) is 16.5 Å². The summed E-state index contributed by atoms with van der Waals surface area (Å²) < 4.78 is 5.67. The van der Waals surface area contributed by atoms with Crippen LogP contribution in [-0.2, 0) is 6.42 Å². The van der Waals surface area contributed by atoms with Crippen molar-refractivity contribution < 1.29 is 9.52 Å². The highest BCUT2D eigenvalue weighted by Crippen LogP contribution is 2.23. The first-order valence-corrected chi connectivity index (χ1v) is 5.49. The number of nitrogens with zero attached hydrogens (tertiary/aromatic N) is 1. The van der Waals surface area contributed by atoms with Crippen molar-refractivity contribution in [1.82, 2.24) is 0 Å². The van der Waals surface area contributed by atoms with E-state index in [4.69, 9.17) is 15.3 Å². The first kappa shape index (κ1) is 13.4. The van der Waals surface area contributed by atoms with E-state index in [1.807, 2.05) is 12.1 Å². The summed E-state index contributed by atoms with van der Waals surface area (Å²) in [6, 6.07) is 3.72. The van der Waals surface area contributed by atoms with Gasteiger partial charge in [-0.2, -0.15) is 0 Å². The third kappa shape index (κ3) is 3.14. The number of aliphatic hydroxyl groups excluding tert-OH is 1. The molecule has 1 aliphatic rings. The molecule has 0 bridgehead atoms. The van der Waals surface area contributed by atoms with E-state index in [1.165, 1.54) is 12.8 Å². The molecule has 3 N–H and O–H groups in total. The van der Waals surface area contributed by atoms with Crippen molar-refractivity contribution in [3.8, 4) is 0 Å². The lowest BCUT2D eigenvalue weighted by molar-refractivity contribution is 0.260. The zero-order chi connectivity index (χ0) is 10.7. The number of furan rings is 1. The first-order chi connectivity index (χ1) is 7.29. The zero-order valence-corrected chi connectivity index (χ0v) is 10.1. The van der Waals surface area contributed by atoms with Crippen molar-refractivity contribution in [1.29, 1.82) is 0 Å². The van der Waals surface area contributed by atoms with Crippen molar-refractivity contribution >= 4 is 18.3 Å². The van der Waals surface area contributed by atoms with Crippen molar-refractivity contribution in [3.63, 3.8) is 0 Å². The molecule has 0 saturated carbocycles. The molecule has 2 rings (SSSR count). The molecule has 16 heavy (non-hydrogen) atoms. The zero-order valence-electron chi connectivity index (χ0n) is 9.26. The van der Waals surface area contributed by atoms with Gasteiger partial charge < -0.3 is 20.2 Å². The maximum absolute atomic E-state index is 8.84. The average molecular weight is 247 g/mol. The Balaban J connectivity index is 0.00000128. The first-order valence-electron chi connectivity index (χ1n) is 5.49. The molecule has 0 aromatic carbocycles. The summed E-state index contributed by atoms with van der Waals surface area (Å²) in [7, 11) is 0. The van der Waals surface area contributed by atoms with Gasteiger partial charge in [-0.05, 0) is 18.9 Å². The van der Waals surface area contributed by atoms with Gasteiger partial charge in [0.25, 0.3) is 0 Å². The lowest BCUT2D eigenvalue weighted by Gasteiger charge is -2.13. The Bertz CT molecular complexity index is 311. The predicted octanol–water partition coefficient (Wildman–Crippen LogP) is 1.16. The molecule has 1 aromatic heterocycles. The largest absolute Gasteiger partial charge is 0.446 e. The van der Waals surface area contributed by atoms with Crippen LogP contribution in [0.2, 0.25) is 0 Å². The van der Waals surface area contributed by atoms with Crippen LogP contribution in [-0.4, -0.2) is 30.8 Å². The topological polar surface area (TPSA) is 62.6 Å². The Morgan fingerprint density at radius 1 is 1.38 bits per heavy atom. The molecule has 5 heteroatoms. The Morgan fingerprint density at radius 2 is 2.06 bits per heavy atom. The minimum absolute atomic E-state index is 0. The standard InChI is InChI=1S/C11H18N2O2.ClH/c12-9(8-14)7-10-3-4-11(15-10)13-5-1-2-6-13;/h3-4,9,14H,1-2,5-8,12H2;1H. The lowest BCUT2D eigenvalue weighted by atomic mass is 10.2. The number of nitrogens with two attached hydrogens (primary N) is 1. The van der Waals surface area contributed by atoms with Crippen LogP contribution in [0.3, 0.4) is 0 Å². The quantitative estimate of drug-likeness (QED) is 0.837. The monoisotopic (exact) mass is 246 g/mol. The van der Waals surface area contributed by atoms with Crippen molar-refractivity contribution in [2.24, 2.45) is 5.73 Å². The van der Waals surface area contributed by atoms with Gasteiger partial charge in [0.15, 0.2) is 5.88 Å². The number of anilines is 1. The molecule has 0 spiro atoms. The second kappa shape index (κ2) is 6.13. The van der Waals surface area contributed by atoms with E-state index in [0.29, 0.717) is 6.42 Å². The second-order valence-electron chi connectivity index (χ2n) is 4.08. The summed E-state index contributed by atoms with van der Waals surface area (Å²) in [4.78, 5) is 2.24. The van der Waals surface area contributed by atoms with Gasteiger partial charge in [0.1, 0.15) is 5.76 Å². The fraction of sp³-hybridized carbons (Fsp3) is 0.636. The smallest absolute Gasteiger partial charge is 0.195 e. The molecule has 1 fully saturated rings. The molecular weight excluding hydrogens is 228 g/mol. The Kier molecular flexibility index (Phi) is 5.12. The molecule has 2 heterocycles. The molecule has 1 saturated heterocycles. The van der Waals surface area contributed by atoms with Crippen LogP contribution in [0, 0.1) is 0 Å². The molecule has 1 atom stereocenters. The number of hydrogen-bond donors (Lipinski definition) is 2. The molecule has 4 nitrogen and oxygen atoms in total. The number of hydrogen-bond acceptors (Lipinski definition) is 4. The second-order valence-corrected chi connectivity index (χ2v) is 4.08. The molecule has 0 amide bonds. The fourth-order valence-electron chi connectivity index (χ4n) is 1.91. The van der Waals surface area contributed by atoms with Gasteiger partial charge in [-0.1, -0.05) is 0 Å². The molecule has 1 unspecified atom stereocenters. The molecule has 1 aliphatic heterocycles. The van der Waals surface area contributed by atoms with Crippen LogP contribution in [0.25, 0.3) is 0 Å². The van der Waals surface area contributed by atoms with Crippen molar-refractivity contribution in [2.75, 3.05) is 24.6 Å². The van der Waals surface area contributed by atoms with Crippen LogP contribution in [0.1, 0.15) is 18.6 Å². The van der Waals surface area contributed by atoms with Gasteiger partial charge >= 0.3 is 0 Å². The summed E-state index contributed by atoms with van der Waals surface area (Å²) in [5.74, 6) is 1.80. The van der Waals surface area contributed by atoms with Crippen LogP contribution < -0.4 is 10.6 Å². The summed E-state index contributed by atoms with van der Waals surface area (Å²) in [6.07, 6.45) is 3.09. The fourth-order valence-corrected chi connectivity index (χ4v) is 1.91. The van der Waals surface area contributed by atoms with E-state index in [-0.39, 0.29) is 25.1 Å². The van der Waals surface area contributed by atoms with Crippen LogP contribution in [0.5, 0.6) is 0 Å². The normalized spacial score (nSPS) is 17.2. The van der Waals surface area contributed by atoms with E-state index in [1.54, 1.807) is 0 Å². The average Bonchev–Trinajstić information content (AvgIpc) is 2.85. The highest BCUT2D eigenvalue weighted by molar-refractivity contribution is 5.85. The maximum Gasteiger partial charge on any atom is 0.195 e. The third-order valence-corrected chi connectivity index (χ3v) is 2.76. The Morgan fingerprint density at radius 3 is 2.69 bits per heavy atom. The van der Waals surface area contributed by atoms with Gasteiger partial charge in [-0.15, -0.1) is 12.4 Å². The summed E-state index contributed by atoms with van der Waals surface area (Å²) in [5.41, 5.74) is 5.64. The summed E-state index contributed by atoms with van der Waals surface area (Å²) in [5, 5.41) is 8.84. The van der Waals surface area contributed by atoms with E-state index >= 15 is 0 Å². The van der Waals surface area contributed by atoms with Gasteiger partial charge in [0.2, 0.25) is 0 Å². The molecule has 0 aliphatic carbocycles. The van der Waals surface area contributed by atoms with Crippen LogP contribution in [0.4, 0.5) is 5.88 Å². The number of aliphatic hydroxyl groups is 1. The minimum Gasteiger partial charge on any atom is -0.446 e. The lowest BCUT2D eigenvalue weighted by Crippen LogP contribution is -2.26. The van der Waals surface area contributed by atoms with Gasteiger partial charge in [0, 0.05) is 31.6 Å². The Hall–Kier alpha value is -0.710. The van der Waals surface area contributed by atoms with Gasteiger partial charge in [-0.25, -0.2) is 0 Å². The highest BCUT2D eigenvalue weighted by Gasteiger charge is 2.16. The van der Waals surface area contributed by atoms with E-state index in [0.717, 1.165) is 24.7 Å². The van der Waals surface area contributed by atoms with Crippen LogP contribution >= 0.6 is 12.4 Å². The molecular formula is C11H19ClN2O2. The molecule has 92 valence electrons. The molecule has 0 radical (unpaired) electrons. The van der Waals surface area contributed by atoms with E-state index < -0.39 is 0 Å². The SMILES string of the molecule is Cl.NC(CO)Cc1ccc(N2CCCC2)o1. The van der Waals surface area contributed by atoms with Crippen molar-refractivity contribution in [2.45, 2.75) is 25.3 Å². The van der Waals surface area contributed by atoms with Gasteiger partial charge in [0.05, 0.1) is 6.61 Å². The Labute approximate surface area is 102 Å². The maximum atomic E-state index is 8.84. The van der Waals surface area contributed by atoms with E-state index in [9.17, 15) is 0 Å². The highest BCUT2D eigenvalue weighted by atomic mass is 35.5. The third-order valence-electron chi connectivity index (χ3n) is 2.76. The molecule has 1 aromatic rings. The number of halogens is 1. The summed E-state index contributed by atoms with van der Waals surface area (Å²) >= 11 is 0. The summed E-state index contributed by atoms with van der Waals surface area (Å²) in [6.45, 7) is 2.16. The minimum atomic E-state index is -0.220. The van der Waals surface area contributed by atoms with Crippen molar-refractivity contribution in [3.05, 3.63) is 17.9 Å². The van der Waals surface area contributed by atoms with E-state index in [2.05, 4.69) is 4.90 Å².